The molecule has 1 N–H and O–H groups in total. The molecule has 1 amide bonds. The van der Waals surface area contributed by atoms with Crippen molar-refractivity contribution in [3.05, 3.63) is 76.1 Å². The first kappa shape index (κ1) is 21.8. The van der Waals surface area contributed by atoms with E-state index in [4.69, 9.17) is 11.6 Å². The first-order valence-corrected chi connectivity index (χ1v) is 11.3. The Kier molecular flexibility index (Phi) is 6.45. The normalized spacial score (nSPS) is 11.0. The number of hydrogen-bond acceptors (Lipinski definition) is 6. The van der Waals surface area contributed by atoms with Crippen LogP contribution in [0, 0.1) is 0 Å². The molecule has 10 heteroatoms. The van der Waals surface area contributed by atoms with Crippen molar-refractivity contribution in [2.45, 2.75) is 4.21 Å². The summed E-state index contributed by atoms with van der Waals surface area (Å²) in [5.41, 5.74) is 1.23. The van der Waals surface area contributed by atoms with Crippen LogP contribution in [0.2, 0.25) is 5.02 Å². The molecule has 7 nitrogen and oxygen atoms in total. The Labute approximate surface area is 182 Å². The molecule has 0 fully saturated rings. The minimum Gasteiger partial charge on any atom is -0.465 e. The monoisotopic (exact) mass is 464 g/mol. The molecule has 0 saturated carbocycles. The molecule has 0 aliphatic rings. The zero-order chi connectivity index (χ0) is 21.9. The average molecular weight is 465 g/mol. The van der Waals surface area contributed by atoms with Crippen LogP contribution in [0.15, 0.2) is 64.2 Å². The van der Waals surface area contributed by atoms with Gasteiger partial charge in [0, 0.05) is 18.3 Å². The van der Waals surface area contributed by atoms with Crippen LogP contribution in [-0.4, -0.2) is 34.5 Å². The molecule has 1 aromatic heterocycles. The fourth-order valence-corrected chi connectivity index (χ4v) is 5.13. The number of methoxy groups -OCH3 is 1. The first-order valence-electron chi connectivity index (χ1n) is 8.56. The lowest BCUT2D eigenvalue weighted by atomic mass is 10.1. The largest absolute Gasteiger partial charge is 0.465 e. The van der Waals surface area contributed by atoms with E-state index in [1.807, 2.05) is 0 Å². The maximum absolute atomic E-state index is 12.6. The van der Waals surface area contributed by atoms with E-state index in [-0.39, 0.29) is 14.8 Å². The quantitative estimate of drug-likeness (QED) is 0.550. The number of esters is 1. The molecular weight excluding hydrogens is 448 g/mol. The molecule has 0 aliphatic heterocycles. The minimum atomic E-state index is -3.65. The van der Waals surface area contributed by atoms with Crippen LogP contribution in [0.5, 0.6) is 0 Å². The summed E-state index contributed by atoms with van der Waals surface area (Å²) in [6.07, 6.45) is 0. The Hall–Kier alpha value is -2.88. The highest BCUT2D eigenvalue weighted by Crippen LogP contribution is 2.26. The van der Waals surface area contributed by atoms with Gasteiger partial charge >= 0.3 is 5.97 Å². The summed E-state index contributed by atoms with van der Waals surface area (Å²) >= 11 is 7.11. The molecule has 2 aromatic carbocycles. The number of sulfonamides is 1. The summed E-state index contributed by atoms with van der Waals surface area (Å²) in [5.74, 6) is -1.04. The molecule has 3 rings (SSSR count). The second-order valence-electron chi connectivity index (χ2n) is 6.09. The molecule has 0 unspecified atom stereocenters. The molecule has 0 aliphatic carbocycles. The van der Waals surface area contributed by atoms with Gasteiger partial charge in [-0.15, -0.1) is 11.3 Å². The number of hydrogen-bond donors (Lipinski definition) is 1. The number of benzene rings is 2. The maximum atomic E-state index is 12.6. The van der Waals surface area contributed by atoms with Crippen LogP contribution in [-0.2, 0) is 14.8 Å². The lowest BCUT2D eigenvalue weighted by molar-refractivity contribution is 0.0600. The van der Waals surface area contributed by atoms with Crippen LogP contribution in [0.25, 0.3) is 0 Å². The van der Waals surface area contributed by atoms with Crippen molar-refractivity contribution in [2.24, 2.45) is 0 Å². The molecular formula is C20H17ClN2O5S2. The van der Waals surface area contributed by atoms with Gasteiger partial charge in [0.25, 0.3) is 15.9 Å². The van der Waals surface area contributed by atoms with Crippen molar-refractivity contribution in [3.8, 4) is 0 Å². The van der Waals surface area contributed by atoms with Gasteiger partial charge < -0.3 is 10.1 Å². The summed E-state index contributed by atoms with van der Waals surface area (Å²) in [4.78, 5) is 24.3. The Bertz CT molecular complexity index is 1180. The number of carbonyl (C=O) groups excluding carboxylic acids is 2. The highest BCUT2D eigenvalue weighted by atomic mass is 35.5. The predicted molar refractivity (Wildman–Crippen MR) is 117 cm³/mol. The van der Waals surface area contributed by atoms with Gasteiger partial charge in [-0.3, -0.25) is 9.10 Å². The number of ether oxygens (including phenoxy) is 1. The molecule has 0 atom stereocenters. The zero-order valence-corrected chi connectivity index (χ0v) is 18.3. The van der Waals surface area contributed by atoms with E-state index < -0.39 is 21.9 Å². The number of rotatable bonds is 6. The number of nitrogens with one attached hydrogen (secondary N) is 1. The van der Waals surface area contributed by atoms with Gasteiger partial charge in [0.2, 0.25) is 0 Å². The first-order chi connectivity index (χ1) is 14.2. The van der Waals surface area contributed by atoms with Gasteiger partial charge in [-0.05, 0) is 53.9 Å². The van der Waals surface area contributed by atoms with Crippen molar-refractivity contribution >= 4 is 56.2 Å². The third kappa shape index (κ3) is 4.48. The number of anilines is 2. The average Bonchev–Trinajstić information content (AvgIpc) is 3.30. The Morgan fingerprint density at radius 1 is 1.10 bits per heavy atom. The standard InChI is InChI=1S/C20H17ClN2O5S2/c1-23(30(26,27)18-4-3-11-29-18)15-8-5-13(6-9-15)19(24)22-14-7-10-17(21)16(12-14)20(25)28-2/h3-12H,1-2H3,(H,22,24). The van der Waals surface area contributed by atoms with E-state index in [0.29, 0.717) is 16.9 Å². The molecule has 1 heterocycles. The number of halogens is 1. The molecule has 0 bridgehead atoms. The van der Waals surface area contributed by atoms with Crippen LogP contribution < -0.4 is 9.62 Å². The molecule has 3 aromatic rings. The van der Waals surface area contributed by atoms with E-state index in [0.717, 1.165) is 15.6 Å². The summed E-state index contributed by atoms with van der Waals surface area (Å²) in [7, 11) is -0.967. The molecule has 156 valence electrons. The fourth-order valence-electron chi connectivity index (χ4n) is 2.58. The Morgan fingerprint density at radius 2 is 1.80 bits per heavy atom. The number of carbonyl (C=O) groups is 2. The maximum Gasteiger partial charge on any atom is 0.339 e. The van der Waals surface area contributed by atoms with Crippen LogP contribution in [0.1, 0.15) is 20.7 Å². The molecule has 30 heavy (non-hydrogen) atoms. The zero-order valence-electron chi connectivity index (χ0n) is 16.0. The molecule has 0 radical (unpaired) electrons. The van der Waals surface area contributed by atoms with Crippen molar-refractivity contribution in [3.63, 3.8) is 0 Å². The SMILES string of the molecule is COC(=O)c1cc(NC(=O)c2ccc(N(C)S(=O)(=O)c3cccs3)cc2)ccc1Cl. The van der Waals surface area contributed by atoms with E-state index in [2.05, 4.69) is 10.1 Å². The molecule has 0 saturated heterocycles. The summed E-state index contributed by atoms with van der Waals surface area (Å²) < 4.78 is 31.3. The van der Waals surface area contributed by atoms with Crippen LogP contribution >= 0.6 is 22.9 Å². The van der Waals surface area contributed by atoms with Crippen molar-refractivity contribution in [1.29, 1.82) is 0 Å². The third-order valence-corrected chi connectivity index (χ3v) is 7.72. The van der Waals surface area contributed by atoms with Gasteiger partial charge in [0.05, 0.1) is 23.4 Å². The second-order valence-corrected chi connectivity index (χ2v) is 9.64. The van der Waals surface area contributed by atoms with Crippen LogP contribution in [0.3, 0.4) is 0 Å². The van der Waals surface area contributed by atoms with Gasteiger partial charge in [0.15, 0.2) is 0 Å². The minimum absolute atomic E-state index is 0.132. The van der Waals surface area contributed by atoms with Crippen molar-refractivity contribution in [2.75, 3.05) is 23.8 Å². The number of nitrogens with zero attached hydrogens (tertiary/aromatic N) is 1. The number of amides is 1. The van der Waals surface area contributed by atoms with Gasteiger partial charge in [0.1, 0.15) is 4.21 Å². The predicted octanol–water partition coefficient (Wildman–Crippen LogP) is 4.27. The fraction of sp³-hybridized carbons (Fsp3) is 0.100. The van der Waals surface area contributed by atoms with E-state index >= 15 is 0 Å². The van der Waals surface area contributed by atoms with Gasteiger partial charge in [-0.1, -0.05) is 17.7 Å². The van der Waals surface area contributed by atoms with E-state index in [1.165, 1.54) is 44.5 Å². The lowest BCUT2D eigenvalue weighted by Gasteiger charge is -2.18. The summed E-state index contributed by atoms with van der Waals surface area (Å²) in [6.45, 7) is 0. The van der Waals surface area contributed by atoms with E-state index in [9.17, 15) is 18.0 Å². The van der Waals surface area contributed by atoms with Gasteiger partial charge in [-0.25, -0.2) is 13.2 Å². The Morgan fingerprint density at radius 3 is 2.40 bits per heavy atom. The van der Waals surface area contributed by atoms with Gasteiger partial charge in [-0.2, -0.15) is 0 Å². The van der Waals surface area contributed by atoms with Crippen molar-refractivity contribution in [1.82, 2.24) is 0 Å². The van der Waals surface area contributed by atoms with Crippen molar-refractivity contribution < 1.29 is 22.7 Å². The molecule has 0 spiro atoms. The smallest absolute Gasteiger partial charge is 0.339 e. The second kappa shape index (κ2) is 8.86. The highest BCUT2D eigenvalue weighted by molar-refractivity contribution is 7.94. The lowest BCUT2D eigenvalue weighted by Crippen LogP contribution is -2.25. The van der Waals surface area contributed by atoms with E-state index in [1.54, 1.807) is 29.6 Å². The summed E-state index contributed by atoms with van der Waals surface area (Å²) in [5, 5.41) is 4.57. The topological polar surface area (TPSA) is 92.8 Å². The summed E-state index contributed by atoms with van der Waals surface area (Å²) in [6, 6.07) is 13.8. The Balaban J connectivity index is 1.77. The number of thiophene rings is 1. The third-order valence-electron chi connectivity index (χ3n) is 4.23. The highest BCUT2D eigenvalue weighted by Gasteiger charge is 2.22. The van der Waals surface area contributed by atoms with Crippen LogP contribution in [0.4, 0.5) is 11.4 Å².